The molecule has 0 saturated carbocycles. The molecular formula is C12H14FNO4. The van der Waals surface area contributed by atoms with Crippen LogP contribution in [0.4, 0.5) is 4.39 Å². The predicted octanol–water partition coefficient (Wildman–Crippen LogP) is 0.882. The fourth-order valence-corrected chi connectivity index (χ4v) is 1.20. The summed E-state index contributed by atoms with van der Waals surface area (Å²) in [5.41, 5.74) is 0. The SMILES string of the molecule is COC(=O)C(C)NC(=O)COc1ccc(F)cc1. The molecule has 18 heavy (non-hydrogen) atoms. The molecule has 1 rings (SSSR count). The summed E-state index contributed by atoms with van der Waals surface area (Å²) >= 11 is 0. The lowest BCUT2D eigenvalue weighted by atomic mass is 10.3. The molecule has 1 amide bonds. The first kappa shape index (κ1) is 14.0. The van der Waals surface area contributed by atoms with Crippen LogP contribution >= 0.6 is 0 Å². The fourth-order valence-electron chi connectivity index (χ4n) is 1.20. The Kier molecular flexibility index (Phi) is 5.10. The molecule has 0 spiro atoms. The van der Waals surface area contributed by atoms with Crippen LogP contribution in [0.25, 0.3) is 0 Å². The highest BCUT2D eigenvalue weighted by Crippen LogP contribution is 2.10. The van der Waals surface area contributed by atoms with Crippen LogP contribution in [0.15, 0.2) is 24.3 Å². The van der Waals surface area contributed by atoms with Crippen LogP contribution in [0.3, 0.4) is 0 Å². The summed E-state index contributed by atoms with van der Waals surface area (Å²) in [5.74, 6) is -1.01. The average Bonchev–Trinajstić information content (AvgIpc) is 2.37. The van der Waals surface area contributed by atoms with Gasteiger partial charge in [-0.2, -0.15) is 0 Å². The number of methoxy groups -OCH3 is 1. The smallest absolute Gasteiger partial charge is 0.328 e. The van der Waals surface area contributed by atoms with E-state index in [1.54, 1.807) is 0 Å². The second-order valence-electron chi connectivity index (χ2n) is 3.55. The van der Waals surface area contributed by atoms with Crippen molar-refractivity contribution < 1.29 is 23.5 Å². The first-order valence-corrected chi connectivity index (χ1v) is 5.28. The minimum atomic E-state index is -0.737. The molecule has 0 fully saturated rings. The van der Waals surface area contributed by atoms with Gasteiger partial charge in [0.2, 0.25) is 0 Å². The van der Waals surface area contributed by atoms with Crippen LogP contribution in [0.2, 0.25) is 0 Å². The molecule has 0 saturated heterocycles. The summed E-state index contributed by atoms with van der Waals surface area (Å²) in [6.07, 6.45) is 0. The highest BCUT2D eigenvalue weighted by molar-refractivity contribution is 5.84. The van der Waals surface area contributed by atoms with Crippen LogP contribution in [0.1, 0.15) is 6.92 Å². The second kappa shape index (κ2) is 6.58. The van der Waals surface area contributed by atoms with Crippen molar-refractivity contribution in [2.75, 3.05) is 13.7 Å². The molecule has 1 unspecified atom stereocenters. The molecule has 1 aromatic carbocycles. The number of halogens is 1. The lowest BCUT2D eigenvalue weighted by Crippen LogP contribution is -2.41. The van der Waals surface area contributed by atoms with Crippen LogP contribution in [-0.4, -0.2) is 31.6 Å². The van der Waals surface area contributed by atoms with Crippen molar-refractivity contribution in [3.8, 4) is 5.75 Å². The van der Waals surface area contributed by atoms with Gasteiger partial charge in [-0.05, 0) is 31.2 Å². The van der Waals surface area contributed by atoms with E-state index in [2.05, 4.69) is 10.1 Å². The topological polar surface area (TPSA) is 64.6 Å². The number of nitrogens with one attached hydrogen (secondary N) is 1. The third-order valence-corrected chi connectivity index (χ3v) is 2.12. The maximum absolute atomic E-state index is 12.6. The van der Waals surface area contributed by atoms with Crippen molar-refractivity contribution in [1.82, 2.24) is 5.32 Å². The van der Waals surface area contributed by atoms with Crippen molar-refractivity contribution in [2.24, 2.45) is 0 Å². The molecule has 0 aliphatic rings. The summed E-state index contributed by atoms with van der Waals surface area (Å²) in [6.45, 7) is 1.24. The first-order chi connectivity index (χ1) is 8.52. The van der Waals surface area contributed by atoms with E-state index >= 15 is 0 Å². The van der Waals surface area contributed by atoms with Gasteiger partial charge in [-0.1, -0.05) is 0 Å². The maximum atomic E-state index is 12.6. The molecule has 0 aromatic heterocycles. The van der Waals surface area contributed by atoms with Crippen LogP contribution in [0, 0.1) is 5.82 Å². The van der Waals surface area contributed by atoms with Crippen LogP contribution < -0.4 is 10.1 Å². The quantitative estimate of drug-likeness (QED) is 0.793. The van der Waals surface area contributed by atoms with Gasteiger partial charge < -0.3 is 14.8 Å². The predicted molar refractivity (Wildman–Crippen MR) is 61.5 cm³/mol. The zero-order valence-electron chi connectivity index (χ0n) is 10.1. The zero-order valence-corrected chi connectivity index (χ0v) is 10.1. The summed E-state index contributed by atoms with van der Waals surface area (Å²) in [5, 5.41) is 2.40. The van der Waals surface area contributed by atoms with Gasteiger partial charge >= 0.3 is 5.97 Å². The van der Waals surface area contributed by atoms with Gasteiger partial charge in [-0.15, -0.1) is 0 Å². The molecular weight excluding hydrogens is 241 g/mol. The summed E-state index contributed by atoms with van der Waals surface area (Å²) in [4.78, 5) is 22.4. The standard InChI is InChI=1S/C12H14FNO4/c1-8(12(16)17-2)14-11(15)7-18-10-5-3-9(13)4-6-10/h3-6,8H,7H2,1-2H3,(H,14,15). The van der Waals surface area contributed by atoms with Crippen LogP contribution in [-0.2, 0) is 14.3 Å². The fraction of sp³-hybridized carbons (Fsp3) is 0.333. The third-order valence-electron chi connectivity index (χ3n) is 2.12. The Labute approximate surface area is 104 Å². The number of amides is 1. The highest BCUT2D eigenvalue weighted by atomic mass is 19.1. The second-order valence-corrected chi connectivity index (χ2v) is 3.55. The largest absolute Gasteiger partial charge is 0.484 e. The van der Waals surface area contributed by atoms with Crippen molar-refractivity contribution in [2.45, 2.75) is 13.0 Å². The Balaban J connectivity index is 2.37. The van der Waals surface area contributed by atoms with E-state index in [0.717, 1.165) is 0 Å². The Morgan fingerprint density at radius 2 is 1.94 bits per heavy atom. The van der Waals surface area contributed by atoms with E-state index in [4.69, 9.17) is 4.74 Å². The van der Waals surface area contributed by atoms with Crippen molar-refractivity contribution in [3.63, 3.8) is 0 Å². The highest BCUT2D eigenvalue weighted by Gasteiger charge is 2.15. The molecule has 1 atom stereocenters. The van der Waals surface area contributed by atoms with Gasteiger partial charge in [0.15, 0.2) is 6.61 Å². The number of rotatable bonds is 5. The van der Waals surface area contributed by atoms with Crippen molar-refractivity contribution in [3.05, 3.63) is 30.1 Å². The number of benzene rings is 1. The lowest BCUT2D eigenvalue weighted by Gasteiger charge is -2.12. The van der Waals surface area contributed by atoms with E-state index in [0.29, 0.717) is 5.75 Å². The molecule has 5 nitrogen and oxygen atoms in total. The number of carbonyl (C=O) groups excluding carboxylic acids is 2. The molecule has 0 bridgehead atoms. The van der Waals surface area contributed by atoms with Gasteiger partial charge in [-0.25, -0.2) is 9.18 Å². The number of hydrogen-bond donors (Lipinski definition) is 1. The van der Waals surface area contributed by atoms with Gasteiger partial charge in [-0.3, -0.25) is 4.79 Å². The molecule has 0 aliphatic heterocycles. The molecule has 1 N–H and O–H groups in total. The molecule has 98 valence electrons. The van der Waals surface area contributed by atoms with Gasteiger partial charge in [0.25, 0.3) is 5.91 Å². The minimum absolute atomic E-state index is 0.257. The minimum Gasteiger partial charge on any atom is -0.484 e. The molecule has 0 radical (unpaired) electrons. The zero-order chi connectivity index (χ0) is 13.5. The van der Waals surface area contributed by atoms with E-state index < -0.39 is 17.9 Å². The number of esters is 1. The third kappa shape index (κ3) is 4.40. The van der Waals surface area contributed by atoms with Crippen molar-refractivity contribution >= 4 is 11.9 Å². The van der Waals surface area contributed by atoms with E-state index in [-0.39, 0.29) is 12.4 Å². The van der Waals surface area contributed by atoms with Crippen molar-refractivity contribution in [1.29, 1.82) is 0 Å². The summed E-state index contributed by atoms with van der Waals surface area (Å²) in [6, 6.07) is 4.53. The summed E-state index contributed by atoms with van der Waals surface area (Å²) in [7, 11) is 1.24. The average molecular weight is 255 g/mol. The normalized spacial score (nSPS) is 11.5. The van der Waals surface area contributed by atoms with E-state index in [1.807, 2.05) is 0 Å². The number of ether oxygens (including phenoxy) is 2. The lowest BCUT2D eigenvalue weighted by molar-refractivity contribution is -0.144. The van der Waals surface area contributed by atoms with Gasteiger partial charge in [0.1, 0.15) is 17.6 Å². The Hall–Kier alpha value is -2.11. The first-order valence-electron chi connectivity index (χ1n) is 5.28. The molecule has 1 aromatic rings. The summed E-state index contributed by atoms with van der Waals surface area (Å²) < 4.78 is 22.2. The Morgan fingerprint density at radius 3 is 2.50 bits per heavy atom. The van der Waals surface area contributed by atoms with Gasteiger partial charge in [0.05, 0.1) is 7.11 Å². The number of hydrogen-bond acceptors (Lipinski definition) is 4. The van der Waals surface area contributed by atoms with E-state index in [1.165, 1.54) is 38.3 Å². The number of carbonyl (C=O) groups is 2. The molecule has 6 heteroatoms. The maximum Gasteiger partial charge on any atom is 0.328 e. The van der Waals surface area contributed by atoms with E-state index in [9.17, 15) is 14.0 Å². The molecule has 0 heterocycles. The Bertz CT molecular complexity index is 419. The van der Waals surface area contributed by atoms with Crippen LogP contribution in [0.5, 0.6) is 5.75 Å². The monoisotopic (exact) mass is 255 g/mol. The Morgan fingerprint density at radius 1 is 1.33 bits per heavy atom. The molecule has 0 aliphatic carbocycles. The van der Waals surface area contributed by atoms with Gasteiger partial charge in [0, 0.05) is 0 Å².